The first-order valence-electron chi connectivity index (χ1n) is 10.5. The summed E-state index contributed by atoms with van der Waals surface area (Å²) in [5, 5.41) is 3.37. The molecular formula is C23H23F2N5O2S. The number of piperazine rings is 1. The summed E-state index contributed by atoms with van der Waals surface area (Å²) < 4.78 is 26.0. The highest BCUT2D eigenvalue weighted by Crippen LogP contribution is 2.22. The number of carbonyl (C=O) groups is 2. The van der Waals surface area contributed by atoms with Gasteiger partial charge in [-0.3, -0.25) is 14.5 Å². The van der Waals surface area contributed by atoms with E-state index >= 15 is 0 Å². The summed E-state index contributed by atoms with van der Waals surface area (Å²) in [6, 6.07) is 11.7. The van der Waals surface area contributed by atoms with Gasteiger partial charge in [-0.25, -0.2) is 13.8 Å². The molecule has 0 radical (unpaired) electrons. The van der Waals surface area contributed by atoms with Crippen molar-refractivity contribution in [3.63, 3.8) is 0 Å². The van der Waals surface area contributed by atoms with Crippen LogP contribution < -0.4 is 5.32 Å². The molecule has 0 atom stereocenters. The van der Waals surface area contributed by atoms with Gasteiger partial charge >= 0.3 is 0 Å². The van der Waals surface area contributed by atoms with Gasteiger partial charge in [0.2, 0.25) is 11.8 Å². The van der Waals surface area contributed by atoms with E-state index in [4.69, 9.17) is 0 Å². The Morgan fingerprint density at radius 1 is 0.970 bits per heavy atom. The maximum Gasteiger partial charge on any atom is 0.238 e. The molecule has 10 heteroatoms. The van der Waals surface area contributed by atoms with Crippen molar-refractivity contribution in [2.75, 3.05) is 43.8 Å². The number of imidazole rings is 1. The summed E-state index contributed by atoms with van der Waals surface area (Å²) in [5.41, 5.74) is 2.13. The summed E-state index contributed by atoms with van der Waals surface area (Å²) >= 11 is 1.32. The number of rotatable bonds is 7. The van der Waals surface area contributed by atoms with Gasteiger partial charge in [0.25, 0.3) is 0 Å². The number of hydrogen-bond acceptors (Lipinski definition) is 5. The summed E-state index contributed by atoms with van der Waals surface area (Å²) in [7, 11) is 0. The van der Waals surface area contributed by atoms with Crippen molar-refractivity contribution >= 4 is 29.3 Å². The lowest BCUT2D eigenvalue weighted by Gasteiger charge is -2.34. The molecule has 7 nitrogen and oxygen atoms in total. The molecule has 0 aliphatic carbocycles. The van der Waals surface area contributed by atoms with E-state index in [1.165, 1.54) is 48.2 Å². The number of anilines is 1. The third-order valence-electron chi connectivity index (χ3n) is 5.26. The SMILES string of the molecule is O=C(CN1CCN(C(=O)CSc2ncc(-c3ccc(F)cc3)[nH]2)CC1)Nc1ccc(F)cc1. The van der Waals surface area contributed by atoms with Gasteiger partial charge in [0, 0.05) is 31.9 Å². The molecule has 0 unspecified atom stereocenters. The monoisotopic (exact) mass is 471 g/mol. The molecule has 33 heavy (non-hydrogen) atoms. The number of hydrogen-bond donors (Lipinski definition) is 2. The molecule has 172 valence electrons. The molecule has 1 fully saturated rings. The number of nitrogens with one attached hydrogen (secondary N) is 2. The van der Waals surface area contributed by atoms with Crippen LogP contribution in [0.4, 0.5) is 14.5 Å². The zero-order valence-electron chi connectivity index (χ0n) is 17.8. The smallest absolute Gasteiger partial charge is 0.238 e. The number of aromatic nitrogens is 2. The van der Waals surface area contributed by atoms with Crippen LogP contribution in [0.15, 0.2) is 59.9 Å². The van der Waals surface area contributed by atoms with Crippen molar-refractivity contribution in [3.05, 3.63) is 66.4 Å². The third-order valence-corrected chi connectivity index (χ3v) is 6.13. The van der Waals surface area contributed by atoms with E-state index in [0.29, 0.717) is 37.0 Å². The topological polar surface area (TPSA) is 81.3 Å². The molecule has 0 bridgehead atoms. The van der Waals surface area contributed by atoms with Crippen LogP contribution in [0.5, 0.6) is 0 Å². The van der Waals surface area contributed by atoms with Crippen LogP contribution in [0.1, 0.15) is 0 Å². The number of halogens is 2. The average molecular weight is 472 g/mol. The molecule has 1 aliphatic rings. The van der Waals surface area contributed by atoms with E-state index in [-0.39, 0.29) is 35.7 Å². The number of nitrogens with zero attached hydrogens (tertiary/aromatic N) is 3. The first-order chi connectivity index (χ1) is 16.0. The number of carbonyl (C=O) groups excluding carboxylic acids is 2. The summed E-state index contributed by atoms with van der Waals surface area (Å²) in [6.07, 6.45) is 1.66. The molecule has 2 N–H and O–H groups in total. The second-order valence-corrected chi connectivity index (χ2v) is 8.57. The van der Waals surface area contributed by atoms with Gasteiger partial charge in [-0.15, -0.1) is 0 Å². The standard InChI is InChI=1S/C23H23F2N5O2S/c24-17-3-1-16(2-4-17)20-13-26-23(28-20)33-15-22(32)30-11-9-29(10-12-30)14-21(31)27-19-7-5-18(25)6-8-19/h1-8,13H,9-12,14-15H2,(H,26,28)(H,27,31). The van der Waals surface area contributed by atoms with E-state index in [1.807, 2.05) is 4.90 Å². The molecule has 1 aromatic heterocycles. The largest absolute Gasteiger partial charge is 0.339 e. The van der Waals surface area contributed by atoms with Crippen LogP contribution in [0.3, 0.4) is 0 Å². The second-order valence-electron chi connectivity index (χ2n) is 7.61. The fraction of sp³-hybridized carbons (Fsp3) is 0.261. The maximum atomic E-state index is 13.1. The zero-order valence-corrected chi connectivity index (χ0v) is 18.6. The molecule has 1 saturated heterocycles. The van der Waals surface area contributed by atoms with Gasteiger partial charge in [0.1, 0.15) is 11.6 Å². The van der Waals surface area contributed by atoms with Crippen molar-refractivity contribution in [1.29, 1.82) is 0 Å². The minimum absolute atomic E-state index is 0.00939. The van der Waals surface area contributed by atoms with Crippen LogP contribution in [0.2, 0.25) is 0 Å². The minimum Gasteiger partial charge on any atom is -0.339 e. The van der Waals surface area contributed by atoms with Crippen LogP contribution >= 0.6 is 11.8 Å². The van der Waals surface area contributed by atoms with Gasteiger partial charge in [0.05, 0.1) is 24.2 Å². The summed E-state index contributed by atoms with van der Waals surface area (Å²) in [4.78, 5) is 36.0. The van der Waals surface area contributed by atoms with Crippen LogP contribution in [-0.4, -0.2) is 70.1 Å². The van der Waals surface area contributed by atoms with E-state index in [2.05, 4.69) is 15.3 Å². The van der Waals surface area contributed by atoms with Crippen molar-refractivity contribution in [3.8, 4) is 11.3 Å². The second kappa shape index (κ2) is 10.6. The summed E-state index contributed by atoms with van der Waals surface area (Å²) in [5.74, 6) is -0.567. The predicted molar refractivity (Wildman–Crippen MR) is 123 cm³/mol. The highest BCUT2D eigenvalue weighted by atomic mass is 32.2. The Bertz CT molecular complexity index is 1100. The van der Waals surface area contributed by atoms with E-state index < -0.39 is 0 Å². The molecular weight excluding hydrogens is 448 g/mol. The predicted octanol–water partition coefficient (Wildman–Crippen LogP) is 3.23. The van der Waals surface area contributed by atoms with E-state index in [0.717, 1.165) is 11.3 Å². The Morgan fingerprint density at radius 3 is 2.27 bits per heavy atom. The molecule has 0 spiro atoms. The van der Waals surface area contributed by atoms with Gasteiger partial charge in [0.15, 0.2) is 5.16 Å². The number of benzene rings is 2. The van der Waals surface area contributed by atoms with Crippen LogP contribution in [-0.2, 0) is 9.59 Å². The quantitative estimate of drug-likeness (QED) is 0.517. The maximum absolute atomic E-state index is 13.1. The Morgan fingerprint density at radius 2 is 1.61 bits per heavy atom. The lowest BCUT2D eigenvalue weighted by atomic mass is 10.2. The van der Waals surface area contributed by atoms with Gasteiger partial charge in [-0.2, -0.15) is 0 Å². The van der Waals surface area contributed by atoms with Crippen molar-refractivity contribution < 1.29 is 18.4 Å². The lowest BCUT2D eigenvalue weighted by molar-refractivity contribution is -0.130. The third kappa shape index (κ3) is 6.39. The molecule has 2 aromatic carbocycles. The number of H-pyrrole nitrogens is 1. The highest BCUT2D eigenvalue weighted by Gasteiger charge is 2.22. The van der Waals surface area contributed by atoms with Crippen molar-refractivity contribution in [2.24, 2.45) is 0 Å². The molecule has 2 heterocycles. The molecule has 1 aliphatic heterocycles. The fourth-order valence-electron chi connectivity index (χ4n) is 3.47. The molecule has 4 rings (SSSR count). The van der Waals surface area contributed by atoms with Crippen LogP contribution in [0, 0.1) is 11.6 Å². The number of thioether (sulfide) groups is 1. The first-order valence-corrected chi connectivity index (χ1v) is 11.4. The van der Waals surface area contributed by atoms with Gasteiger partial charge < -0.3 is 15.2 Å². The number of aromatic amines is 1. The molecule has 0 saturated carbocycles. The minimum atomic E-state index is -0.354. The Kier molecular flexibility index (Phi) is 7.36. The lowest BCUT2D eigenvalue weighted by Crippen LogP contribution is -2.50. The normalized spacial score (nSPS) is 14.3. The van der Waals surface area contributed by atoms with Gasteiger partial charge in [-0.05, 0) is 54.1 Å². The van der Waals surface area contributed by atoms with Crippen molar-refractivity contribution in [2.45, 2.75) is 5.16 Å². The first kappa shape index (κ1) is 22.9. The van der Waals surface area contributed by atoms with Gasteiger partial charge in [-0.1, -0.05) is 11.8 Å². The van der Waals surface area contributed by atoms with Crippen molar-refractivity contribution in [1.82, 2.24) is 19.8 Å². The molecule has 2 amide bonds. The molecule has 3 aromatic rings. The Labute approximate surface area is 194 Å². The van der Waals surface area contributed by atoms with Crippen LogP contribution in [0.25, 0.3) is 11.3 Å². The Hall–Kier alpha value is -3.24. The number of amides is 2. The highest BCUT2D eigenvalue weighted by molar-refractivity contribution is 7.99. The summed E-state index contributed by atoms with van der Waals surface area (Å²) in [6.45, 7) is 2.50. The van der Waals surface area contributed by atoms with E-state index in [1.54, 1.807) is 23.2 Å². The van der Waals surface area contributed by atoms with E-state index in [9.17, 15) is 18.4 Å². The zero-order chi connectivity index (χ0) is 23.2. The average Bonchev–Trinajstić information content (AvgIpc) is 3.29. The Balaban J connectivity index is 1.19. The fourth-order valence-corrected chi connectivity index (χ4v) is 4.22.